The van der Waals surface area contributed by atoms with Crippen molar-refractivity contribution >= 4 is 17.3 Å². The Hall–Kier alpha value is -2.58. The third kappa shape index (κ3) is 5.77. The zero-order valence-corrected chi connectivity index (χ0v) is 17.7. The van der Waals surface area contributed by atoms with E-state index in [1.165, 1.54) is 0 Å². The van der Waals surface area contributed by atoms with E-state index in [9.17, 15) is 4.79 Å². The Morgan fingerprint density at radius 2 is 1.90 bits per heavy atom. The van der Waals surface area contributed by atoms with Crippen LogP contribution in [0.2, 0.25) is 0 Å². The number of amides is 1. The predicted molar refractivity (Wildman–Crippen MR) is 121 cm³/mol. The fourth-order valence-electron chi connectivity index (χ4n) is 3.79. The average Bonchev–Trinajstić information content (AvgIpc) is 3.57. The highest BCUT2D eigenvalue weighted by atomic mass is 16.5. The van der Waals surface area contributed by atoms with Crippen LogP contribution in [0.3, 0.4) is 0 Å². The Kier molecular flexibility index (Phi) is 7.43. The van der Waals surface area contributed by atoms with Crippen LogP contribution >= 0.6 is 0 Å². The molecule has 164 valence electrons. The fourth-order valence-corrected chi connectivity index (χ4v) is 3.79. The Morgan fingerprint density at radius 3 is 2.71 bits per heavy atom. The molecular formula is C24H30N4O3. The van der Waals surface area contributed by atoms with Crippen LogP contribution < -0.4 is 16.4 Å². The molecule has 0 aromatic heterocycles. The van der Waals surface area contributed by atoms with E-state index in [0.29, 0.717) is 51.1 Å². The van der Waals surface area contributed by atoms with Crippen LogP contribution in [0.4, 0.5) is 5.69 Å². The minimum Gasteiger partial charge on any atom is -0.379 e. The summed E-state index contributed by atoms with van der Waals surface area (Å²) in [6, 6.07) is 16.7. The number of hydrogen-bond acceptors (Lipinski definition) is 6. The molecule has 2 aromatic carbocycles. The number of ether oxygens (including phenoxy) is 2. The summed E-state index contributed by atoms with van der Waals surface area (Å²) in [5.74, 6) is -0.0640. The standard InChI is InChI=1S/C24H30N4O3/c25-9-12-31-14-13-30-11-4-10-26-24(29)18-7-8-20-19(15-18)16-21-23(28-21)22(27-20)17-5-2-1-3-6-17/h1-3,5-8,15,21,23,28H,4,9-14,16,25H2,(H,26,29). The van der Waals surface area contributed by atoms with E-state index in [-0.39, 0.29) is 11.9 Å². The summed E-state index contributed by atoms with van der Waals surface area (Å²) in [4.78, 5) is 17.5. The average molecular weight is 423 g/mol. The molecule has 1 amide bonds. The first-order chi connectivity index (χ1) is 15.3. The lowest BCUT2D eigenvalue weighted by Gasteiger charge is -2.10. The lowest BCUT2D eigenvalue weighted by atomic mass is 10.0. The van der Waals surface area contributed by atoms with Crippen LogP contribution in [-0.4, -0.2) is 63.2 Å². The molecule has 0 aliphatic carbocycles. The number of rotatable bonds is 11. The summed E-state index contributed by atoms with van der Waals surface area (Å²) in [6.45, 7) is 3.32. The number of nitrogens with two attached hydrogens (primary N) is 1. The van der Waals surface area contributed by atoms with Crippen molar-refractivity contribution in [1.82, 2.24) is 10.6 Å². The molecule has 31 heavy (non-hydrogen) atoms. The Morgan fingerprint density at radius 1 is 1.10 bits per heavy atom. The van der Waals surface area contributed by atoms with Gasteiger partial charge in [-0.1, -0.05) is 30.3 Å². The maximum atomic E-state index is 12.6. The smallest absolute Gasteiger partial charge is 0.251 e. The van der Waals surface area contributed by atoms with Gasteiger partial charge in [0.15, 0.2) is 0 Å². The number of hydrogen-bond donors (Lipinski definition) is 3. The van der Waals surface area contributed by atoms with Gasteiger partial charge in [-0.3, -0.25) is 9.79 Å². The number of aliphatic imine (C=N–C) groups is 1. The lowest BCUT2D eigenvalue weighted by molar-refractivity contribution is 0.0497. The number of nitrogens with one attached hydrogen (secondary N) is 2. The van der Waals surface area contributed by atoms with Crippen LogP contribution in [0.1, 0.15) is 27.9 Å². The first-order valence-electron chi connectivity index (χ1n) is 10.9. The van der Waals surface area contributed by atoms with Gasteiger partial charge in [-0.2, -0.15) is 0 Å². The van der Waals surface area contributed by atoms with E-state index in [0.717, 1.165) is 35.4 Å². The molecule has 4 rings (SSSR count). The summed E-state index contributed by atoms with van der Waals surface area (Å²) in [7, 11) is 0. The molecule has 0 bridgehead atoms. The SMILES string of the molecule is NCCOCCOCCCNC(=O)c1ccc2c(c1)CC1NC1C(c1ccccc1)=N2. The van der Waals surface area contributed by atoms with Crippen molar-refractivity contribution in [3.63, 3.8) is 0 Å². The van der Waals surface area contributed by atoms with Gasteiger partial charge in [-0.25, -0.2) is 0 Å². The molecule has 0 spiro atoms. The van der Waals surface area contributed by atoms with Crippen LogP contribution in [0.25, 0.3) is 0 Å². The highest BCUT2D eigenvalue weighted by Crippen LogP contribution is 2.33. The number of carbonyl (C=O) groups excluding carboxylic acids is 1. The van der Waals surface area contributed by atoms with E-state index in [4.69, 9.17) is 20.2 Å². The molecule has 2 atom stereocenters. The van der Waals surface area contributed by atoms with Gasteiger partial charge in [-0.05, 0) is 42.2 Å². The van der Waals surface area contributed by atoms with Gasteiger partial charge in [0.1, 0.15) is 0 Å². The first-order valence-corrected chi connectivity index (χ1v) is 10.9. The molecule has 4 N–H and O–H groups in total. The van der Waals surface area contributed by atoms with Crippen molar-refractivity contribution in [3.05, 3.63) is 65.2 Å². The number of benzene rings is 2. The predicted octanol–water partition coefficient (Wildman–Crippen LogP) is 1.82. The van der Waals surface area contributed by atoms with Gasteiger partial charge < -0.3 is 25.8 Å². The molecule has 0 saturated carbocycles. The Balaban J connectivity index is 1.30. The molecule has 2 aliphatic heterocycles. The molecule has 1 saturated heterocycles. The summed E-state index contributed by atoms with van der Waals surface area (Å²) >= 11 is 0. The first kappa shape index (κ1) is 21.6. The summed E-state index contributed by atoms with van der Waals surface area (Å²) in [5, 5.41) is 6.49. The Labute approximate surface area is 183 Å². The van der Waals surface area contributed by atoms with Gasteiger partial charge in [0.05, 0.1) is 37.3 Å². The zero-order valence-electron chi connectivity index (χ0n) is 17.7. The second-order valence-electron chi connectivity index (χ2n) is 7.78. The minimum absolute atomic E-state index is 0.0640. The van der Waals surface area contributed by atoms with Gasteiger partial charge >= 0.3 is 0 Å². The molecular weight excluding hydrogens is 392 g/mol. The third-order valence-corrected chi connectivity index (χ3v) is 5.46. The number of fused-ring (bicyclic) bond motifs is 2. The van der Waals surface area contributed by atoms with Crippen molar-refractivity contribution in [1.29, 1.82) is 0 Å². The second-order valence-corrected chi connectivity index (χ2v) is 7.78. The van der Waals surface area contributed by atoms with E-state index in [2.05, 4.69) is 22.8 Å². The van der Waals surface area contributed by atoms with Crippen LogP contribution in [0.5, 0.6) is 0 Å². The van der Waals surface area contributed by atoms with Gasteiger partial charge in [0.2, 0.25) is 0 Å². The van der Waals surface area contributed by atoms with Crippen LogP contribution in [0, 0.1) is 0 Å². The van der Waals surface area contributed by atoms with Crippen molar-refractivity contribution in [2.45, 2.75) is 24.9 Å². The molecule has 1 fully saturated rings. The molecule has 7 heteroatoms. The topological polar surface area (TPSA) is 108 Å². The number of carbonyl (C=O) groups is 1. The van der Waals surface area contributed by atoms with E-state index < -0.39 is 0 Å². The van der Waals surface area contributed by atoms with Gasteiger partial charge in [0.25, 0.3) is 5.91 Å². The van der Waals surface area contributed by atoms with Crippen molar-refractivity contribution in [3.8, 4) is 0 Å². The third-order valence-electron chi connectivity index (χ3n) is 5.46. The van der Waals surface area contributed by atoms with Gasteiger partial charge in [0, 0.05) is 31.3 Å². The summed E-state index contributed by atoms with van der Waals surface area (Å²) in [5.41, 5.74) is 10.3. The van der Waals surface area contributed by atoms with Crippen molar-refractivity contribution < 1.29 is 14.3 Å². The second kappa shape index (κ2) is 10.6. The normalized spacial score (nSPS) is 19.1. The number of nitrogens with zero attached hydrogens (tertiary/aromatic N) is 1. The maximum absolute atomic E-state index is 12.6. The molecule has 2 unspecified atom stereocenters. The largest absolute Gasteiger partial charge is 0.379 e. The summed E-state index contributed by atoms with van der Waals surface area (Å²) < 4.78 is 10.7. The maximum Gasteiger partial charge on any atom is 0.251 e. The van der Waals surface area contributed by atoms with Crippen molar-refractivity contribution in [2.24, 2.45) is 10.7 Å². The fraction of sp³-hybridized carbons (Fsp3) is 0.417. The van der Waals surface area contributed by atoms with E-state index in [1.807, 2.05) is 36.4 Å². The van der Waals surface area contributed by atoms with Crippen LogP contribution in [-0.2, 0) is 15.9 Å². The Bertz CT molecular complexity index is 916. The molecule has 2 heterocycles. The molecule has 2 aliphatic rings. The lowest BCUT2D eigenvalue weighted by Crippen LogP contribution is -2.25. The quantitative estimate of drug-likeness (QED) is 0.378. The molecule has 7 nitrogen and oxygen atoms in total. The highest BCUT2D eigenvalue weighted by Gasteiger charge is 2.42. The van der Waals surface area contributed by atoms with Gasteiger partial charge in [-0.15, -0.1) is 0 Å². The monoisotopic (exact) mass is 422 g/mol. The zero-order chi connectivity index (χ0) is 21.5. The highest BCUT2D eigenvalue weighted by molar-refractivity contribution is 6.08. The van der Waals surface area contributed by atoms with E-state index >= 15 is 0 Å². The molecule has 2 aromatic rings. The summed E-state index contributed by atoms with van der Waals surface area (Å²) in [6.07, 6.45) is 1.63. The minimum atomic E-state index is -0.0640. The van der Waals surface area contributed by atoms with Crippen LogP contribution in [0.15, 0.2) is 53.5 Å². The molecule has 0 radical (unpaired) electrons. The van der Waals surface area contributed by atoms with E-state index in [1.54, 1.807) is 0 Å². The van der Waals surface area contributed by atoms with Crippen molar-refractivity contribution in [2.75, 3.05) is 39.5 Å².